The number of thiophene rings is 1. The number of benzene rings is 1. The summed E-state index contributed by atoms with van der Waals surface area (Å²) in [6.45, 7) is 2.07. The van der Waals surface area contributed by atoms with Gasteiger partial charge in [-0.15, -0.1) is 0 Å². The second kappa shape index (κ2) is 8.99. The molecule has 148 valence electrons. The van der Waals surface area contributed by atoms with Gasteiger partial charge < -0.3 is 20.5 Å². The van der Waals surface area contributed by atoms with E-state index in [1.54, 1.807) is 18.2 Å². The average Bonchev–Trinajstić information content (AvgIpc) is 3.05. The number of aliphatic hydroxyl groups excluding tert-OH is 1. The lowest BCUT2D eigenvalue weighted by molar-refractivity contribution is 0.123. The highest BCUT2D eigenvalue weighted by Crippen LogP contribution is 2.49. The van der Waals surface area contributed by atoms with Gasteiger partial charge in [0.2, 0.25) is 0 Å². The molecule has 1 aliphatic rings. The van der Waals surface area contributed by atoms with Crippen LogP contribution < -0.4 is 15.5 Å². The Morgan fingerprint density at radius 2 is 2.11 bits per heavy atom. The summed E-state index contributed by atoms with van der Waals surface area (Å²) in [6, 6.07) is 6.48. The van der Waals surface area contributed by atoms with E-state index >= 15 is 0 Å². The molecule has 0 radical (unpaired) electrons. The first-order chi connectivity index (χ1) is 13.5. The van der Waals surface area contributed by atoms with Crippen LogP contribution in [0.25, 0.3) is 11.1 Å². The fourth-order valence-corrected chi connectivity index (χ4v) is 4.90. The molecule has 1 saturated heterocycles. The summed E-state index contributed by atoms with van der Waals surface area (Å²) in [4.78, 5) is 15.4. The van der Waals surface area contributed by atoms with Crippen LogP contribution in [0.15, 0.2) is 18.2 Å². The lowest BCUT2D eigenvalue weighted by Crippen LogP contribution is -2.37. The molecule has 1 fully saturated rings. The Hall–Kier alpha value is -2.02. The number of morpholine rings is 1. The number of nitrogens with two attached hydrogens (primary N) is 1. The van der Waals surface area contributed by atoms with Gasteiger partial charge in [-0.3, -0.25) is 4.90 Å². The van der Waals surface area contributed by atoms with Gasteiger partial charge in [0.25, 0.3) is 0 Å². The van der Waals surface area contributed by atoms with E-state index in [2.05, 4.69) is 6.07 Å². The number of amides is 2. The van der Waals surface area contributed by atoms with Gasteiger partial charge in [-0.2, -0.15) is 5.26 Å². The number of ether oxygens (including phenoxy) is 1. The van der Waals surface area contributed by atoms with E-state index in [1.807, 2.05) is 4.90 Å². The van der Waals surface area contributed by atoms with Crippen molar-refractivity contribution in [3.63, 3.8) is 0 Å². The minimum Gasteiger partial charge on any atom is -0.395 e. The molecule has 0 saturated carbocycles. The normalized spacial score (nSPS) is 14.0. The van der Waals surface area contributed by atoms with E-state index in [1.165, 1.54) is 16.2 Å². The summed E-state index contributed by atoms with van der Waals surface area (Å²) < 4.78 is 5.40. The molecule has 0 aliphatic carbocycles. The van der Waals surface area contributed by atoms with E-state index < -0.39 is 6.03 Å². The summed E-state index contributed by atoms with van der Waals surface area (Å²) in [5.41, 5.74) is 7.02. The first kappa shape index (κ1) is 20.7. The molecule has 1 aliphatic heterocycles. The highest BCUT2D eigenvalue weighted by Gasteiger charge is 2.30. The van der Waals surface area contributed by atoms with Crippen LogP contribution in [-0.4, -0.2) is 50.6 Å². The van der Waals surface area contributed by atoms with Crippen LogP contribution >= 0.6 is 34.5 Å². The minimum atomic E-state index is -0.723. The fourth-order valence-electron chi connectivity index (χ4n) is 3.04. The standard InChI is InChI=1S/C18H18Cl2N4O3S/c19-11-1-2-12(14(20)9-11)15-13(10-21)16(23-4-7-27-8-5-23)28-17(15)24(3-6-25)18(22)26/h1-2,9,25H,3-8H2,(H2,22,26). The van der Waals surface area contributed by atoms with E-state index in [9.17, 15) is 15.2 Å². The molecule has 2 aromatic rings. The van der Waals surface area contributed by atoms with E-state index in [0.29, 0.717) is 63.0 Å². The zero-order chi connectivity index (χ0) is 20.3. The van der Waals surface area contributed by atoms with Gasteiger partial charge in [-0.05, 0) is 12.1 Å². The fraction of sp³-hybridized carbons (Fsp3) is 0.333. The summed E-state index contributed by atoms with van der Waals surface area (Å²) in [7, 11) is 0. The Kier molecular flexibility index (Phi) is 6.65. The number of urea groups is 1. The van der Waals surface area contributed by atoms with Crippen molar-refractivity contribution in [3.05, 3.63) is 33.8 Å². The molecular formula is C18H18Cl2N4O3S. The molecule has 0 unspecified atom stereocenters. The maximum atomic E-state index is 12.1. The van der Waals surface area contributed by atoms with Crippen molar-refractivity contribution in [3.8, 4) is 17.2 Å². The maximum absolute atomic E-state index is 12.1. The summed E-state index contributed by atoms with van der Waals surface area (Å²) in [6.07, 6.45) is 0. The Bertz CT molecular complexity index is 922. The lowest BCUT2D eigenvalue weighted by atomic mass is 10.0. The van der Waals surface area contributed by atoms with E-state index in [-0.39, 0.29) is 13.2 Å². The predicted molar refractivity (Wildman–Crippen MR) is 112 cm³/mol. The molecule has 10 heteroatoms. The molecule has 0 atom stereocenters. The molecule has 3 rings (SSSR count). The van der Waals surface area contributed by atoms with Gasteiger partial charge in [-0.1, -0.05) is 40.6 Å². The maximum Gasteiger partial charge on any atom is 0.319 e. The number of rotatable bonds is 5. The van der Waals surface area contributed by atoms with Crippen LogP contribution in [0.3, 0.4) is 0 Å². The molecule has 0 spiro atoms. The molecular weight excluding hydrogens is 423 g/mol. The van der Waals surface area contributed by atoms with Gasteiger partial charge in [-0.25, -0.2) is 4.79 Å². The van der Waals surface area contributed by atoms with Gasteiger partial charge in [0.1, 0.15) is 16.1 Å². The number of nitriles is 1. The Labute approximate surface area is 176 Å². The Morgan fingerprint density at radius 3 is 2.68 bits per heavy atom. The number of carbonyl (C=O) groups is 1. The smallest absolute Gasteiger partial charge is 0.319 e. The number of anilines is 2. The van der Waals surface area contributed by atoms with Crippen molar-refractivity contribution in [2.75, 3.05) is 49.3 Å². The SMILES string of the molecule is N#Cc1c(N2CCOCC2)sc(N(CCO)C(N)=O)c1-c1ccc(Cl)cc1Cl. The lowest BCUT2D eigenvalue weighted by Gasteiger charge is -2.27. The van der Waals surface area contributed by atoms with Crippen LogP contribution in [0.5, 0.6) is 0 Å². The first-order valence-corrected chi connectivity index (χ1v) is 10.1. The van der Waals surface area contributed by atoms with E-state index in [4.69, 9.17) is 33.7 Å². The number of primary amides is 1. The minimum absolute atomic E-state index is 0.00146. The van der Waals surface area contributed by atoms with E-state index in [0.717, 1.165) is 0 Å². The number of hydrogen-bond acceptors (Lipinski definition) is 6. The highest BCUT2D eigenvalue weighted by atomic mass is 35.5. The molecule has 0 bridgehead atoms. The largest absolute Gasteiger partial charge is 0.395 e. The Balaban J connectivity index is 2.25. The number of carbonyl (C=O) groups excluding carboxylic acids is 1. The zero-order valence-corrected chi connectivity index (χ0v) is 17.1. The third-order valence-corrected chi connectivity index (χ3v) is 6.14. The van der Waals surface area contributed by atoms with Gasteiger partial charge in [0.15, 0.2) is 0 Å². The number of nitrogens with zero attached hydrogens (tertiary/aromatic N) is 3. The Morgan fingerprint density at radius 1 is 1.39 bits per heavy atom. The second-order valence-electron chi connectivity index (χ2n) is 6.01. The van der Waals surface area contributed by atoms with Crippen LogP contribution in [0.2, 0.25) is 10.0 Å². The molecule has 1 aromatic carbocycles. The van der Waals surface area contributed by atoms with Crippen molar-refractivity contribution in [1.29, 1.82) is 5.26 Å². The molecule has 2 amide bonds. The zero-order valence-electron chi connectivity index (χ0n) is 14.8. The predicted octanol–water partition coefficient (Wildman–Crippen LogP) is 3.31. The van der Waals surface area contributed by atoms with Crippen LogP contribution in [-0.2, 0) is 4.74 Å². The number of hydrogen-bond donors (Lipinski definition) is 2. The van der Waals surface area contributed by atoms with Crippen LogP contribution in [0.4, 0.5) is 14.8 Å². The quantitative estimate of drug-likeness (QED) is 0.741. The molecule has 7 nitrogen and oxygen atoms in total. The van der Waals surface area contributed by atoms with Crippen LogP contribution in [0, 0.1) is 11.3 Å². The van der Waals surface area contributed by atoms with Crippen molar-refractivity contribution < 1.29 is 14.6 Å². The molecule has 28 heavy (non-hydrogen) atoms. The van der Waals surface area contributed by atoms with Gasteiger partial charge in [0.05, 0.1) is 37.0 Å². The van der Waals surface area contributed by atoms with Crippen molar-refractivity contribution >= 4 is 50.6 Å². The van der Waals surface area contributed by atoms with Crippen LogP contribution in [0.1, 0.15) is 5.56 Å². The average molecular weight is 441 g/mol. The topological polar surface area (TPSA) is 103 Å². The summed E-state index contributed by atoms with van der Waals surface area (Å²) >= 11 is 13.7. The monoisotopic (exact) mass is 440 g/mol. The van der Waals surface area contributed by atoms with Crippen molar-refractivity contribution in [1.82, 2.24) is 0 Å². The second-order valence-corrected chi connectivity index (χ2v) is 7.83. The molecule has 2 heterocycles. The van der Waals surface area contributed by atoms with Crippen molar-refractivity contribution in [2.45, 2.75) is 0 Å². The summed E-state index contributed by atoms with van der Waals surface area (Å²) in [5, 5.41) is 21.3. The summed E-state index contributed by atoms with van der Waals surface area (Å²) in [5.74, 6) is 0. The van der Waals surface area contributed by atoms with Crippen molar-refractivity contribution in [2.24, 2.45) is 5.73 Å². The van der Waals surface area contributed by atoms with Gasteiger partial charge in [0, 0.05) is 29.2 Å². The third-order valence-electron chi connectivity index (χ3n) is 4.32. The number of aliphatic hydroxyl groups is 1. The number of halogens is 2. The molecule has 3 N–H and O–H groups in total. The first-order valence-electron chi connectivity index (χ1n) is 8.50. The highest BCUT2D eigenvalue weighted by molar-refractivity contribution is 7.21. The third kappa shape index (κ3) is 4.04. The molecule has 1 aromatic heterocycles. The van der Waals surface area contributed by atoms with Gasteiger partial charge >= 0.3 is 6.03 Å².